The summed E-state index contributed by atoms with van der Waals surface area (Å²) in [5.41, 5.74) is 1.41. The van der Waals surface area contributed by atoms with Crippen LogP contribution in [0.15, 0.2) is 42.5 Å². The Morgan fingerprint density at radius 1 is 1.16 bits per heavy atom. The van der Waals surface area contributed by atoms with Gasteiger partial charge in [0.25, 0.3) is 5.69 Å². The van der Waals surface area contributed by atoms with E-state index in [2.05, 4.69) is 0 Å². The number of aryl methyl sites for hydroxylation is 1. The first kappa shape index (κ1) is 12.8. The molecule has 2 rings (SSSR count). The van der Waals surface area contributed by atoms with Crippen molar-refractivity contribution in [2.45, 2.75) is 6.92 Å². The summed E-state index contributed by atoms with van der Waals surface area (Å²) in [4.78, 5) is 20.7. The number of hydrogen-bond acceptors (Lipinski definition) is 4. The zero-order chi connectivity index (χ0) is 13.8. The van der Waals surface area contributed by atoms with Gasteiger partial charge in [-0.15, -0.1) is 0 Å². The number of benzene rings is 2. The zero-order valence-corrected chi connectivity index (χ0v) is 10.2. The van der Waals surface area contributed by atoms with Gasteiger partial charge < -0.3 is 4.74 Å². The fraction of sp³-hybridized carbons (Fsp3) is 0.0714. The Hall–Kier alpha value is -2.69. The summed E-state index contributed by atoms with van der Waals surface area (Å²) >= 11 is 0. The molecule has 5 heteroatoms. The Balaban J connectivity index is 2.21. The highest BCUT2D eigenvalue weighted by molar-refractivity contribution is 5.75. The molecule has 0 saturated heterocycles. The molecule has 0 heterocycles. The molecule has 5 nitrogen and oxygen atoms in total. The number of carbonyl (C=O) groups excluding carboxylic acids is 1. The lowest BCUT2D eigenvalue weighted by molar-refractivity contribution is -0.384. The average Bonchev–Trinajstić information content (AvgIpc) is 2.41. The lowest BCUT2D eigenvalue weighted by Crippen LogP contribution is -1.91. The average molecular weight is 257 g/mol. The van der Waals surface area contributed by atoms with E-state index in [0.717, 1.165) is 11.8 Å². The van der Waals surface area contributed by atoms with Crippen LogP contribution in [-0.4, -0.2) is 11.2 Å². The van der Waals surface area contributed by atoms with Gasteiger partial charge in [-0.3, -0.25) is 14.9 Å². The van der Waals surface area contributed by atoms with Crippen LogP contribution in [0, 0.1) is 17.0 Å². The van der Waals surface area contributed by atoms with E-state index in [4.69, 9.17) is 4.74 Å². The van der Waals surface area contributed by atoms with E-state index in [0.29, 0.717) is 17.1 Å². The summed E-state index contributed by atoms with van der Waals surface area (Å²) in [5.74, 6) is 1.12. The summed E-state index contributed by atoms with van der Waals surface area (Å²) in [6, 6.07) is 10.9. The molecule has 0 aliphatic heterocycles. The van der Waals surface area contributed by atoms with Gasteiger partial charge in [0.05, 0.1) is 4.92 Å². The number of carbonyl (C=O) groups is 1. The second kappa shape index (κ2) is 5.30. The van der Waals surface area contributed by atoms with Crippen LogP contribution in [0.25, 0.3) is 0 Å². The van der Waals surface area contributed by atoms with Crippen LogP contribution in [0.3, 0.4) is 0 Å². The Morgan fingerprint density at radius 3 is 2.37 bits per heavy atom. The molecule has 2 aromatic rings. The summed E-state index contributed by atoms with van der Waals surface area (Å²) in [7, 11) is 0. The van der Waals surface area contributed by atoms with Gasteiger partial charge in [0.15, 0.2) is 0 Å². The smallest absolute Gasteiger partial charge is 0.269 e. The predicted octanol–water partition coefficient (Wildman–Crippen LogP) is 3.51. The van der Waals surface area contributed by atoms with Gasteiger partial charge in [-0.05, 0) is 42.8 Å². The predicted molar refractivity (Wildman–Crippen MR) is 69.7 cm³/mol. The Labute approximate surface area is 109 Å². The number of hydrogen-bond donors (Lipinski definition) is 0. The minimum atomic E-state index is -0.464. The molecule has 0 atom stereocenters. The van der Waals surface area contributed by atoms with Crippen molar-refractivity contribution in [1.82, 2.24) is 0 Å². The van der Waals surface area contributed by atoms with E-state index in [-0.39, 0.29) is 5.69 Å². The lowest BCUT2D eigenvalue weighted by atomic mass is 10.1. The Kier molecular flexibility index (Phi) is 3.56. The monoisotopic (exact) mass is 257 g/mol. The van der Waals surface area contributed by atoms with E-state index in [1.54, 1.807) is 18.2 Å². The molecule has 0 fully saturated rings. The molecule has 0 aliphatic carbocycles. The molecule has 2 aromatic carbocycles. The van der Waals surface area contributed by atoms with E-state index < -0.39 is 4.92 Å². The molecule has 0 spiro atoms. The zero-order valence-electron chi connectivity index (χ0n) is 10.2. The fourth-order valence-electron chi connectivity index (χ4n) is 1.62. The van der Waals surface area contributed by atoms with Crippen LogP contribution in [0.1, 0.15) is 15.9 Å². The number of non-ortho nitro benzene ring substituents is 1. The van der Waals surface area contributed by atoms with Gasteiger partial charge in [-0.1, -0.05) is 0 Å². The van der Waals surface area contributed by atoms with Crippen LogP contribution in [-0.2, 0) is 0 Å². The third-order valence-corrected chi connectivity index (χ3v) is 2.61. The van der Waals surface area contributed by atoms with Crippen molar-refractivity contribution in [1.29, 1.82) is 0 Å². The molecule has 0 radical (unpaired) electrons. The van der Waals surface area contributed by atoms with Crippen molar-refractivity contribution in [3.63, 3.8) is 0 Å². The molecule has 0 bridgehead atoms. The number of nitro benzene ring substituents is 1. The van der Waals surface area contributed by atoms with Crippen molar-refractivity contribution in [3.05, 3.63) is 63.7 Å². The molecular weight excluding hydrogens is 246 g/mol. The molecule has 0 aromatic heterocycles. The van der Waals surface area contributed by atoms with Crippen LogP contribution in [0.5, 0.6) is 11.5 Å². The van der Waals surface area contributed by atoms with E-state index in [1.807, 2.05) is 6.92 Å². The molecular formula is C14H11NO4. The summed E-state index contributed by atoms with van der Waals surface area (Å²) in [6.07, 6.45) is 0.767. The highest BCUT2D eigenvalue weighted by Gasteiger charge is 2.06. The first-order valence-corrected chi connectivity index (χ1v) is 5.58. The second-order valence-corrected chi connectivity index (χ2v) is 4.00. The minimum Gasteiger partial charge on any atom is -0.457 e. The summed E-state index contributed by atoms with van der Waals surface area (Å²) in [6.45, 7) is 1.83. The first-order chi connectivity index (χ1) is 9.10. The van der Waals surface area contributed by atoms with E-state index in [9.17, 15) is 14.9 Å². The normalized spacial score (nSPS) is 9.95. The SMILES string of the molecule is Cc1cc(C=O)ccc1Oc1ccc([N+](=O)[O-])cc1. The number of rotatable bonds is 4. The summed E-state index contributed by atoms with van der Waals surface area (Å²) < 4.78 is 5.60. The largest absolute Gasteiger partial charge is 0.457 e. The van der Waals surface area contributed by atoms with Crippen molar-refractivity contribution >= 4 is 12.0 Å². The van der Waals surface area contributed by atoms with Crippen molar-refractivity contribution < 1.29 is 14.5 Å². The first-order valence-electron chi connectivity index (χ1n) is 5.58. The minimum absolute atomic E-state index is 0.0142. The number of ether oxygens (including phenoxy) is 1. The van der Waals surface area contributed by atoms with Crippen LogP contribution < -0.4 is 4.74 Å². The second-order valence-electron chi connectivity index (χ2n) is 4.00. The highest BCUT2D eigenvalue weighted by Crippen LogP contribution is 2.26. The number of nitrogens with zero attached hydrogens (tertiary/aromatic N) is 1. The number of aldehydes is 1. The molecule has 0 unspecified atom stereocenters. The maximum absolute atomic E-state index is 10.6. The number of nitro groups is 1. The highest BCUT2D eigenvalue weighted by atomic mass is 16.6. The molecule has 0 saturated carbocycles. The standard InChI is InChI=1S/C14H11NO4/c1-10-8-11(9-16)2-7-14(10)19-13-5-3-12(4-6-13)15(17)18/h2-9H,1H3. The van der Waals surface area contributed by atoms with Crippen LogP contribution in [0.2, 0.25) is 0 Å². The maximum atomic E-state index is 10.6. The van der Waals surface area contributed by atoms with Gasteiger partial charge in [0.1, 0.15) is 17.8 Å². The third kappa shape index (κ3) is 2.95. The van der Waals surface area contributed by atoms with E-state index >= 15 is 0 Å². The van der Waals surface area contributed by atoms with E-state index in [1.165, 1.54) is 24.3 Å². The molecule has 0 N–H and O–H groups in total. The van der Waals surface area contributed by atoms with Gasteiger partial charge in [-0.25, -0.2) is 0 Å². The lowest BCUT2D eigenvalue weighted by Gasteiger charge is -2.08. The Bertz CT molecular complexity index is 620. The van der Waals surface area contributed by atoms with Gasteiger partial charge in [0, 0.05) is 17.7 Å². The van der Waals surface area contributed by atoms with Crippen LogP contribution >= 0.6 is 0 Å². The molecule has 0 amide bonds. The van der Waals surface area contributed by atoms with Gasteiger partial charge >= 0.3 is 0 Å². The van der Waals surface area contributed by atoms with Crippen molar-refractivity contribution in [2.24, 2.45) is 0 Å². The van der Waals surface area contributed by atoms with Crippen molar-refractivity contribution in [3.8, 4) is 11.5 Å². The van der Waals surface area contributed by atoms with Crippen molar-refractivity contribution in [2.75, 3.05) is 0 Å². The quantitative estimate of drug-likeness (QED) is 0.477. The maximum Gasteiger partial charge on any atom is 0.269 e. The topological polar surface area (TPSA) is 69.4 Å². The fourth-order valence-corrected chi connectivity index (χ4v) is 1.62. The van der Waals surface area contributed by atoms with Gasteiger partial charge in [0.2, 0.25) is 0 Å². The Morgan fingerprint density at radius 2 is 1.84 bits per heavy atom. The molecule has 0 aliphatic rings. The molecule has 19 heavy (non-hydrogen) atoms. The summed E-state index contributed by atoms with van der Waals surface area (Å²) in [5, 5.41) is 10.5. The molecule has 96 valence electrons. The third-order valence-electron chi connectivity index (χ3n) is 2.61. The van der Waals surface area contributed by atoms with Gasteiger partial charge in [-0.2, -0.15) is 0 Å². The van der Waals surface area contributed by atoms with Crippen LogP contribution in [0.4, 0.5) is 5.69 Å².